The lowest BCUT2D eigenvalue weighted by atomic mass is 9.73. The molecule has 2 amide bonds. The second kappa shape index (κ2) is 7.70. The van der Waals surface area contributed by atoms with Crippen molar-refractivity contribution in [1.82, 2.24) is 20.5 Å². The largest absolute Gasteiger partial charge is 0.388 e. The lowest BCUT2D eigenvalue weighted by molar-refractivity contribution is -0.205. The van der Waals surface area contributed by atoms with E-state index in [0.717, 1.165) is 12.8 Å². The quantitative estimate of drug-likeness (QED) is 0.657. The van der Waals surface area contributed by atoms with Crippen LogP contribution < -0.4 is 10.6 Å². The van der Waals surface area contributed by atoms with Crippen LogP contribution in [0.1, 0.15) is 49.5 Å². The first kappa shape index (κ1) is 19.8. The lowest BCUT2D eigenvalue weighted by Gasteiger charge is -2.53. The van der Waals surface area contributed by atoms with Crippen molar-refractivity contribution in [2.75, 3.05) is 26.2 Å². The summed E-state index contributed by atoms with van der Waals surface area (Å²) in [4.78, 5) is 30.7. The molecule has 1 aliphatic carbocycles. The average molecular weight is 409 g/mol. The van der Waals surface area contributed by atoms with E-state index in [9.17, 15) is 14.7 Å². The van der Waals surface area contributed by atoms with Gasteiger partial charge in [0.15, 0.2) is 0 Å². The Hall–Kier alpha value is -1.55. The number of rotatable bonds is 5. The molecule has 0 unspecified atom stereocenters. The van der Waals surface area contributed by atoms with E-state index < -0.39 is 17.2 Å². The van der Waals surface area contributed by atoms with Gasteiger partial charge in [-0.2, -0.15) is 0 Å². The number of piperidine rings is 1. The highest BCUT2D eigenvalue weighted by atomic mass is 32.1. The summed E-state index contributed by atoms with van der Waals surface area (Å²) in [5, 5.41) is 18.9. The molecule has 3 aliphatic rings. The van der Waals surface area contributed by atoms with E-state index in [1.54, 1.807) is 10.9 Å². The number of hydrogen-bond acceptors (Lipinski definition) is 7. The molecule has 1 aromatic heterocycles. The van der Waals surface area contributed by atoms with Gasteiger partial charge in [-0.15, -0.1) is 11.3 Å². The number of ether oxygens (including phenoxy) is 1. The monoisotopic (exact) mass is 408 g/mol. The number of thiazole rings is 1. The highest BCUT2D eigenvalue weighted by molar-refractivity contribution is 7.07. The highest BCUT2D eigenvalue weighted by Crippen LogP contribution is 2.40. The van der Waals surface area contributed by atoms with Gasteiger partial charge in [0.1, 0.15) is 11.8 Å². The van der Waals surface area contributed by atoms with Crippen molar-refractivity contribution in [1.29, 1.82) is 0 Å². The molecule has 2 atom stereocenters. The van der Waals surface area contributed by atoms with E-state index in [0.29, 0.717) is 57.2 Å². The molecular formula is C19H28N4O4S. The average Bonchev–Trinajstić information content (AvgIpc) is 3.29. The van der Waals surface area contributed by atoms with Crippen LogP contribution in [-0.2, 0) is 9.53 Å². The molecule has 1 saturated carbocycles. The predicted molar refractivity (Wildman–Crippen MR) is 104 cm³/mol. The molecule has 3 fully saturated rings. The molecule has 0 aromatic carbocycles. The molecule has 0 bridgehead atoms. The number of amides is 2. The zero-order valence-electron chi connectivity index (χ0n) is 16.1. The van der Waals surface area contributed by atoms with Crippen molar-refractivity contribution in [2.45, 2.75) is 62.3 Å². The molecule has 2 saturated heterocycles. The highest BCUT2D eigenvalue weighted by Gasteiger charge is 2.54. The third kappa shape index (κ3) is 4.07. The van der Waals surface area contributed by atoms with Crippen LogP contribution in [0.3, 0.4) is 0 Å². The maximum Gasteiger partial charge on any atom is 0.271 e. The van der Waals surface area contributed by atoms with Crippen molar-refractivity contribution in [3.8, 4) is 0 Å². The molecule has 1 spiro atoms. The normalized spacial score (nSPS) is 30.1. The Balaban J connectivity index is 1.36. The lowest BCUT2D eigenvalue weighted by Crippen LogP contribution is -2.69. The number of aliphatic hydroxyl groups is 1. The minimum atomic E-state index is -0.821. The van der Waals surface area contributed by atoms with E-state index in [1.807, 2.05) is 6.92 Å². The summed E-state index contributed by atoms with van der Waals surface area (Å²) in [6.07, 6.45) is 3.15. The van der Waals surface area contributed by atoms with Crippen LogP contribution in [0.15, 0.2) is 10.9 Å². The molecule has 0 radical (unpaired) electrons. The van der Waals surface area contributed by atoms with E-state index >= 15 is 0 Å². The molecule has 8 nitrogen and oxygen atoms in total. The Labute approximate surface area is 168 Å². The fourth-order valence-corrected chi connectivity index (χ4v) is 4.79. The smallest absolute Gasteiger partial charge is 0.271 e. The van der Waals surface area contributed by atoms with Gasteiger partial charge in [-0.3, -0.25) is 14.5 Å². The Morgan fingerprint density at radius 1 is 1.36 bits per heavy atom. The molecule has 3 heterocycles. The molecule has 3 N–H and O–H groups in total. The van der Waals surface area contributed by atoms with E-state index in [2.05, 4.69) is 20.5 Å². The second-order valence-corrected chi connectivity index (χ2v) is 9.15. The van der Waals surface area contributed by atoms with E-state index in [-0.39, 0.29) is 11.8 Å². The summed E-state index contributed by atoms with van der Waals surface area (Å²) >= 11 is 1.37. The molecular weight excluding hydrogens is 380 g/mol. The first-order chi connectivity index (χ1) is 13.4. The van der Waals surface area contributed by atoms with E-state index in [4.69, 9.17) is 4.74 Å². The minimum Gasteiger partial charge on any atom is -0.388 e. The van der Waals surface area contributed by atoms with Gasteiger partial charge in [0, 0.05) is 31.1 Å². The summed E-state index contributed by atoms with van der Waals surface area (Å²) in [7, 11) is 0. The van der Waals surface area contributed by atoms with Gasteiger partial charge in [0.25, 0.3) is 5.91 Å². The van der Waals surface area contributed by atoms with Crippen LogP contribution in [0.25, 0.3) is 0 Å². The van der Waals surface area contributed by atoms with Crippen molar-refractivity contribution in [2.24, 2.45) is 0 Å². The zero-order chi connectivity index (χ0) is 19.8. The summed E-state index contributed by atoms with van der Waals surface area (Å²) in [5.74, 6) is -0.196. The Kier molecular flexibility index (Phi) is 5.43. The number of aromatic nitrogens is 1. The van der Waals surface area contributed by atoms with E-state index in [1.165, 1.54) is 11.3 Å². The number of hydrogen-bond donors (Lipinski definition) is 3. The Morgan fingerprint density at radius 2 is 2.11 bits per heavy atom. The topological polar surface area (TPSA) is 104 Å². The van der Waals surface area contributed by atoms with Crippen LogP contribution in [0.2, 0.25) is 0 Å². The zero-order valence-corrected chi connectivity index (χ0v) is 17.0. The second-order valence-electron chi connectivity index (χ2n) is 8.43. The van der Waals surface area contributed by atoms with Crippen molar-refractivity contribution in [3.05, 3.63) is 16.6 Å². The van der Waals surface area contributed by atoms with Gasteiger partial charge in [-0.1, -0.05) is 0 Å². The summed E-state index contributed by atoms with van der Waals surface area (Å²) < 4.78 is 6.07. The summed E-state index contributed by atoms with van der Waals surface area (Å²) in [5.41, 5.74) is 0.528. The predicted octanol–water partition coefficient (Wildman–Crippen LogP) is 0.526. The third-order valence-electron chi connectivity index (χ3n) is 6.19. The van der Waals surface area contributed by atoms with Crippen LogP contribution in [0, 0.1) is 0 Å². The molecule has 1 aromatic rings. The number of likely N-dealkylation sites (tertiary alicyclic amines) is 1. The number of nitrogens with one attached hydrogen (secondary N) is 2. The maximum absolute atomic E-state index is 12.5. The van der Waals surface area contributed by atoms with Crippen molar-refractivity contribution < 1.29 is 19.4 Å². The van der Waals surface area contributed by atoms with Crippen LogP contribution in [0.4, 0.5) is 0 Å². The molecule has 154 valence electrons. The third-order valence-corrected chi connectivity index (χ3v) is 6.78. The van der Waals surface area contributed by atoms with Gasteiger partial charge < -0.3 is 20.5 Å². The van der Waals surface area contributed by atoms with Crippen LogP contribution >= 0.6 is 11.3 Å². The Bertz CT molecular complexity index is 716. The number of carbonyl (C=O) groups excluding carboxylic acids is 2. The number of aliphatic hydroxyl groups excluding tert-OH is 1. The standard InChI is InChI=1S/C19H28N4O4S/c1-18(22-16(25)14-11-28-12-20-14)6-9-27-19(17(18)26)4-7-23(8-5-19)10-15(24)21-13-2-3-13/h11-13,17,26H,2-10H2,1H3,(H,21,24)(H,22,25)/t17-,18+/m1/s1. The number of nitrogens with zero attached hydrogens (tertiary/aromatic N) is 2. The minimum absolute atomic E-state index is 0.0731. The SMILES string of the molecule is C[C@]1(NC(=O)c2cscn2)CCOC2(CCN(CC(=O)NC3CC3)CC2)[C@@H]1O. The van der Waals surface area contributed by atoms with Crippen LogP contribution in [-0.4, -0.2) is 76.3 Å². The van der Waals surface area contributed by atoms with Crippen molar-refractivity contribution >= 4 is 23.2 Å². The number of carbonyl (C=O) groups is 2. The molecule has 2 aliphatic heterocycles. The van der Waals surface area contributed by atoms with Gasteiger partial charge in [0.05, 0.1) is 23.2 Å². The van der Waals surface area contributed by atoms with Gasteiger partial charge >= 0.3 is 0 Å². The molecule has 28 heavy (non-hydrogen) atoms. The maximum atomic E-state index is 12.5. The molecule has 4 rings (SSSR count). The Morgan fingerprint density at radius 3 is 2.75 bits per heavy atom. The fraction of sp³-hybridized carbons (Fsp3) is 0.737. The van der Waals surface area contributed by atoms with Gasteiger partial charge in [-0.25, -0.2) is 4.98 Å². The summed E-state index contributed by atoms with van der Waals surface area (Å²) in [6.45, 7) is 4.12. The van der Waals surface area contributed by atoms with Gasteiger partial charge in [-0.05, 0) is 39.0 Å². The van der Waals surface area contributed by atoms with Crippen LogP contribution in [0.5, 0.6) is 0 Å². The van der Waals surface area contributed by atoms with Crippen molar-refractivity contribution in [3.63, 3.8) is 0 Å². The first-order valence-electron chi connectivity index (χ1n) is 9.95. The summed E-state index contributed by atoms with van der Waals surface area (Å²) in [6, 6.07) is 0.370. The first-order valence-corrected chi connectivity index (χ1v) is 10.9. The fourth-order valence-electron chi connectivity index (χ4n) is 4.25. The van der Waals surface area contributed by atoms with Gasteiger partial charge in [0.2, 0.25) is 5.91 Å². The molecule has 9 heteroatoms.